The average molecular weight is 281 g/mol. The monoisotopic (exact) mass is 281 g/mol. The Labute approximate surface area is 122 Å². The lowest BCUT2D eigenvalue weighted by atomic mass is 9.71. The molecule has 106 valence electrons. The summed E-state index contributed by atoms with van der Waals surface area (Å²) in [4.78, 5) is 31.5. The molecule has 3 rings (SSSR count). The van der Waals surface area contributed by atoms with E-state index < -0.39 is 5.41 Å². The second-order valence-electron chi connectivity index (χ2n) is 5.41. The zero-order valence-corrected chi connectivity index (χ0v) is 11.8. The third-order valence-corrected chi connectivity index (χ3v) is 4.37. The Hall–Kier alpha value is -2.56. The number of carbonyl (C=O) groups is 2. The second kappa shape index (κ2) is 4.77. The first kappa shape index (κ1) is 13.4. The lowest BCUT2D eigenvalue weighted by Crippen LogP contribution is -2.36. The molecule has 2 atom stereocenters. The van der Waals surface area contributed by atoms with E-state index in [-0.39, 0.29) is 11.8 Å². The minimum Gasteiger partial charge on any atom is -0.310 e. The van der Waals surface area contributed by atoms with Crippen LogP contribution in [0.5, 0.6) is 0 Å². The van der Waals surface area contributed by atoms with Crippen molar-refractivity contribution in [2.75, 3.05) is 5.32 Å². The summed E-state index contributed by atoms with van der Waals surface area (Å²) in [6.07, 6.45) is 4.02. The van der Waals surface area contributed by atoms with E-state index in [0.717, 1.165) is 11.1 Å². The molecule has 2 aromatic heterocycles. The molecule has 0 radical (unpaired) electrons. The highest BCUT2D eigenvalue weighted by molar-refractivity contribution is 6.05. The van der Waals surface area contributed by atoms with Gasteiger partial charge in [-0.25, -0.2) is 4.98 Å². The number of fused-ring (bicyclic) bond motifs is 1. The summed E-state index contributed by atoms with van der Waals surface area (Å²) >= 11 is 0. The maximum absolute atomic E-state index is 12.5. The largest absolute Gasteiger partial charge is 0.310 e. The highest BCUT2D eigenvalue weighted by Crippen LogP contribution is 2.45. The van der Waals surface area contributed by atoms with Gasteiger partial charge in [-0.05, 0) is 24.6 Å². The van der Waals surface area contributed by atoms with E-state index >= 15 is 0 Å². The highest BCUT2D eigenvalue weighted by Gasteiger charge is 2.47. The number of pyridine rings is 2. The van der Waals surface area contributed by atoms with Gasteiger partial charge in [-0.15, -0.1) is 0 Å². The van der Waals surface area contributed by atoms with Crippen LogP contribution >= 0.6 is 0 Å². The zero-order valence-electron chi connectivity index (χ0n) is 11.8. The van der Waals surface area contributed by atoms with Crippen molar-refractivity contribution in [1.82, 2.24) is 9.97 Å². The van der Waals surface area contributed by atoms with Crippen LogP contribution in [0.25, 0.3) is 0 Å². The Balaban J connectivity index is 2.05. The van der Waals surface area contributed by atoms with Crippen molar-refractivity contribution in [2.24, 2.45) is 0 Å². The van der Waals surface area contributed by atoms with Crippen molar-refractivity contribution in [3.05, 3.63) is 53.5 Å². The van der Waals surface area contributed by atoms with Gasteiger partial charge in [0.05, 0.1) is 5.41 Å². The van der Waals surface area contributed by atoms with Gasteiger partial charge in [-0.2, -0.15) is 0 Å². The molecule has 0 saturated carbocycles. The number of aldehydes is 1. The normalized spacial score (nSPS) is 21.5. The van der Waals surface area contributed by atoms with Crippen LogP contribution in [0, 0.1) is 0 Å². The molecular weight excluding hydrogens is 266 g/mol. The Morgan fingerprint density at radius 1 is 1.29 bits per heavy atom. The Morgan fingerprint density at radius 2 is 2.10 bits per heavy atom. The van der Waals surface area contributed by atoms with Gasteiger partial charge in [0.1, 0.15) is 11.5 Å². The van der Waals surface area contributed by atoms with E-state index in [0.29, 0.717) is 17.8 Å². The first-order chi connectivity index (χ1) is 10.1. The van der Waals surface area contributed by atoms with Gasteiger partial charge in [0.2, 0.25) is 5.91 Å². The number of nitrogens with one attached hydrogen (secondary N) is 1. The minimum atomic E-state index is -0.700. The second-order valence-corrected chi connectivity index (χ2v) is 5.41. The molecule has 2 unspecified atom stereocenters. The quantitative estimate of drug-likeness (QED) is 0.876. The van der Waals surface area contributed by atoms with Gasteiger partial charge in [-0.1, -0.05) is 19.1 Å². The zero-order chi connectivity index (χ0) is 15.0. The fourth-order valence-electron chi connectivity index (χ4n) is 2.79. The predicted molar refractivity (Wildman–Crippen MR) is 78.3 cm³/mol. The number of rotatable bonds is 3. The predicted octanol–water partition coefficient (Wildman–Crippen LogP) is 2.30. The van der Waals surface area contributed by atoms with Crippen LogP contribution in [0.3, 0.4) is 0 Å². The Morgan fingerprint density at radius 3 is 2.76 bits per heavy atom. The van der Waals surface area contributed by atoms with E-state index in [4.69, 9.17) is 0 Å². The molecule has 5 nitrogen and oxygen atoms in total. The molecule has 1 amide bonds. The number of carbonyl (C=O) groups excluding carboxylic acids is 2. The van der Waals surface area contributed by atoms with Crippen molar-refractivity contribution in [1.29, 1.82) is 0 Å². The number of hydrogen-bond donors (Lipinski definition) is 1. The standard InChI is InChI=1S/C16H15N3O2/c1-10(11-5-6-12(9-20)18-8-11)16(2)13-4-3-7-17-14(13)19-15(16)21/h3-10H,1-2H3,(H,17,19,21). The fourth-order valence-corrected chi connectivity index (χ4v) is 2.79. The van der Waals surface area contributed by atoms with Crippen LogP contribution in [-0.4, -0.2) is 22.2 Å². The lowest BCUT2D eigenvalue weighted by Gasteiger charge is -2.29. The maximum Gasteiger partial charge on any atom is 0.236 e. The summed E-state index contributed by atoms with van der Waals surface area (Å²) in [7, 11) is 0. The molecule has 0 spiro atoms. The lowest BCUT2D eigenvalue weighted by molar-refractivity contribution is -0.120. The number of aromatic nitrogens is 2. The third kappa shape index (κ3) is 1.93. The molecule has 3 heterocycles. The highest BCUT2D eigenvalue weighted by atomic mass is 16.2. The van der Waals surface area contributed by atoms with Crippen LogP contribution in [0.4, 0.5) is 5.82 Å². The fraction of sp³-hybridized carbons (Fsp3) is 0.250. The Bertz CT molecular complexity index is 712. The van der Waals surface area contributed by atoms with E-state index in [9.17, 15) is 9.59 Å². The van der Waals surface area contributed by atoms with Crippen LogP contribution in [-0.2, 0) is 10.2 Å². The van der Waals surface area contributed by atoms with Crippen molar-refractivity contribution in [3.63, 3.8) is 0 Å². The smallest absolute Gasteiger partial charge is 0.236 e. The molecule has 1 aliphatic rings. The van der Waals surface area contributed by atoms with Crippen LogP contribution in [0.2, 0.25) is 0 Å². The van der Waals surface area contributed by atoms with E-state index in [1.54, 1.807) is 18.5 Å². The van der Waals surface area contributed by atoms with E-state index in [1.165, 1.54) is 0 Å². The summed E-state index contributed by atoms with van der Waals surface area (Å²) in [5.74, 6) is 0.466. The van der Waals surface area contributed by atoms with Gasteiger partial charge < -0.3 is 5.32 Å². The van der Waals surface area contributed by atoms with Crippen molar-refractivity contribution in [2.45, 2.75) is 25.2 Å². The van der Waals surface area contributed by atoms with Gasteiger partial charge in [0, 0.05) is 23.9 Å². The average Bonchev–Trinajstić information content (AvgIpc) is 2.79. The molecule has 2 aromatic rings. The van der Waals surface area contributed by atoms with Crippen LogP contribution in [0.15, 0.2) is 36.7 Å². The topological polar surface area (TPSA) is 72.0 Å². The minimum absolute atomic E-state index is 0.0665. The van der Waals surface area contributed by atoms with Crippen molar-refractivity contribution in [3.8, 4) is 0 Å². The molecule has 1 aliphatic heterocycles. The third-order valence-electron chi connectivity index (χ3n) is 4.37. The molecule has 0 aromatic carbocycles. The summed E-state index contributed by atoms with van der Waals surface area (Å²) in [6.45, 7) is 3.90. The van der Waals surface area contributed by atoms with Gasteiger partial charge in [0.15, 0.2) is 6.29 Å². The molecule has 0 fully saturated rings. The molecule has 0 saturated heterocycles. The maximum atomic E-state index is 12.5. The first-order valence-corrected chi connectivity index (χ1v) is 6.75. The van der Waals surface area contributed by atoms with Gasteiger partial charge in [0.25, 0.3) is 0 Å². The van der Waals surface area contributed by atoms with Gasteiger partial charge in [-0.3, -0.25) is 14.6 Å². The van der Waals surface area contributed by atoms with Crippen LogP contribution < -0.4 is 5.32 Å². The van der Waals surface area contributed by atoms with E-state index in [1.807, 2.05) is 32.0 Å². The summed E-state index contributed by atoms with van der Waals surface area (Å²) in [6, 6.07) is 7.26. The van der Waals surface area contributed by atoms with Crippen molar-refractivity contribution < 1.29 is 9.59 Å². The van der Waals surface area contributed by atoms with Gasteiger partial charge >= 0.3 is 0 Å². The molecule has 5 heteroatoms. The summed E-state index contributed by atoms with van der Waals surface area (Å²) in [5, 5.41) is 2.83. The van der Waals surface area contributed by atoms with Crippen LogP contribution in [0.1, 0.15) is 41.4 Å². The van der Waals surface area contributed by atoms with Crippen molar-refractivity contribution >= 4 is 18.0 Å². The first-order valence-electron chi connectivity index (χ1n) is 6.75. The number of amides is 1. The summed E-state index contributed by atoms with van der Waals surface area (Å²) < 4.78 is 0. The summed E-state index contributed by atoms with van der Waals surface area (Å²) in [5.41, 5.74) is 1.49. The molecule has 0 bridgehead atoms. The molecule has 1 N–H and O–H groups in total. The number of nitrogens with zero attached hydrogens (tertiary/aromatic N) is 2. The van der Waals surface area contributed by atoms with E-state index in [2.05, 4.69) is 15.3 Å². The molecule has 21 heavy (non-hydrogen) atoms. The molecular formula is C16H15N3O2. The Kier molecular flexibility index (Phi) is 3.05. The molecule has 0 aliphatic carbocycles. The SMILES string of the molecule is CC(c1ccc(C=O)nc1)C1(C)C(=O)Nc2ncccc21. The number of anilines is 1. The number of hydrogen-bond acceptors (Lipinski definition) is 4.